The maximum atomic E-state index is 12.9. The molecule has 0 bridgehead atoms. The molecule has 0 atom stereocenters. The number of rotatable bonds is 7. The zero-order chi connectivity index (χ0) is 22.5. The Balaban J connectivity index is 2.44. The SMILES string of the molecule is CC=C(SC)c1nc(CC(=O)N(C)C(C)(C)C)n2c1CC(=CC(=CCC)OC)CC2. The van der Waals surface area contributed by atoms with E-state index >= 15 is 0 Å². The Morgan fingerprint density at radius 3 is 2.60 bits per heavy atom. The number of carbonyl (C=O) groups is 1. The van der Waals surface area contributed by atoms with Gasteiger partial charge in [0.25, 0.3) is 0 Å². The first-order valence-electron chi connectivity index (χ1n) is 10.6. The number of methoxy groups -OCH3 is 1. The lowest BCUT2D eigenvalue weighted by Gasteiger charge is -2.32. The first kappa shape index (κ1) is 24.3. The number of imidazole rings is 1. The number of nitrogens with zero attached hydrogens (tertiary/aromatic N) is 3. The number of hydrogen-bond acceptors (Lipinski definition) is 4. The summed E-state index contributed by atoms with van der Waals surface area (Å²) in [6, 6.07) is 0. The van der Waals surface area contributed by atoms with E-state index in [9.17, 15) is 4.79 Å². The Labute approximate surface area is 186 Å². The molecular weight excluding hydrogens is 394 g/mol. The minimum absolute atomic E-state index is 0.0990. The van der Waals surface area contributed by atoms with E-state index in [4.69, 9.17) is 9.72 Å². The third kappa shape index (κ3) is 5.60. The highest BCUT2D eigenvalue weighted by atomic mass is 32.2. The van der Waals surface area contributed by atoms with Crippen LogP contribution in [0.1, 0.15) is 64.7 Å². The number of aromatic nitrogens is 2. The third-order valence-corrected chi connectivity index (χ3v) is 6.46. The van der Waals surface area contributed by atoms with E-state index in [1.165, 1.54) is 11.3 Å². The van der Waals surface area contributed by atoms with E-state index in [1.807, 2.05) is 18.9 Å². The smallest absolute Gasteiger partial charge is 0.230 e. The van der Waals surface area contributed by atoms with Crippen LogP contribution in [-0.4, -0.2) is 46.3 Å². The van der Waals surface area contributed by atoms with Gasteiger partial charge in [-0.1, -0.05) is 18.6 Å². The average Bonchev–Trinajstić information content (AvgIpc) is 3.04. The van der Waals surface area contributed by atoms with Crippen molar-refractivity contribution in [1.82, 2.24) is 14.5 Å². The molecule has 166 valence electrons. The summed E-state index contributed by atoms with van der Waals surface area (Å²) in [4.78, 5) is 20.8. The summed E-state index contributed by atoms with van der Waals surface area (Å²) in [5, 5.41) is 0. The lowest BCUT2D eigenvalue weighted by molar-refractivity contribution is -0.133. The van der Waals surface area contributed by atoms with Gasteiger partial charge in [-0.25, -0.2) is 4.98 Å². The predicted molar refractivity (Wildman–Crippen MR) is 127 cm³/mol. The van der Waals surface area contributed by atoms with E-state index in [0.29, 0.717) is 6.42 Å². The van der Waals surface area contributed by atoms with Crippen LogP contribution in [0.15, 0.2) is 29.6 Å². The Bertz CT molecular complexity index is 857. The highest BCUT2D eigenvalue weighted by molar-refractivity contribution is 8.07. The Hall–Kier alpha value is -1.95. The highest BCUT2D eigenvalue weighted by Gasteiger charge is 2.28. The van der Waals surface area contributed by atoms with Gasteiger partial charge in [0, 0.05) is 30.5 Å². The molecule has 1 aromatic heterocycles. The van der Waals surface area contributed by atoms with Crippen molar-refractivity contribution in [2.24, 2.45) is 0 Å². The third-order valence-electron chi connectivity index (χ3n) is 5.60. The fraction of sp³-hybridized carbons (Fsp3) is 0.583. The average molecular weight is 432 g/mol. The number of fused-ring (bicyclic) bond motifs is 1. The molecule has 0 aromatic carbocycles. The summed E-state index contributed by atoms with van der Waals surface area (Å²) in [5.41, 5.74) is 3.34. The number of thioether (sulfide) groups is 1. The molecule has 1 aromatic rings. The van der Waals surface area contributed by atoms with Gasteiger partial charge in [0.2, 0.25) is 5.91 Å². The molecule has 0 saturated carbocycles. The maximum absolute atomic E-state index is 12.9. The molecule has 1 aliphatic rings. The predicted octanol–water partition coefficient (Wildman–Crippen LogP) is 5.22. The van der Waals surface area contributed by atoms with Gasteiger partial charge in [-0.3, -0.25) is 4.79 Å². The molecule has 2 rings (SSSR count). The zero-order valence-electron chi connectivity index (χ0n) is 19.8. The van der Waals surface area contributed by atoms with Crippen LogP contribution in [0.4, 0.5) is 0 Å². The minimum Gasteiger partial charge on any atom is -0.497 e. The van der Waals surface area contributed by atoms with Gasteiger partial charge in [0.15, 0.2) is 0 Å². The van der Waals surface area contributed by atoms with Gasteiger partial charge in [-0.15, -0.1) is 11.8 Å². The number of hydrogen-bond donors (Lipinski definition) is 0. The summed E-state index contributed by atoms with van der Waals surface area (Å²) < 4.78 is 7.77. The summed E-state index contributed by atoms with van der Waals surface area (Å²) in [6.45, 7) is 11.2. The molecule has 1 amide bonds. The standard InChI is InChI=1S/C24H37N3O2S/c1-9-11-18(29-7)14-17-12-13-27-19(15-17)23(20(10-2)30-8)25-21(27)16-22(28)26(6)24(3,4)5/h10-11,14H,9,12-13,15-16H2,1-8H3. The Morgan fingerprint density at radius 2 is 2.07 bits per heavy atom. The largest absolute Gasteiger partial charge is 0.497 e. The van der Waals surface area contributed by atoms with Gasteiger partial charge in [0.05, 0.1) is 24.9 Å². The summed E-state index contributed by atoms with van der Waals surface area (Å²) >= 11 is 1.70. The summed E-state index contributed by atoms with van der Waals surface area (Å²) in [5.74, 6) is 1.88. The van der Waals surface area contributed by atoms with E-state index in [1.54, 1.807) is 18.9 Å². The molecule has 1 aliphatic heterocycles. The van der Waals surface area contributed by atoms with Crippen molar-refractivity contribution in [3.63, 3.8) is 0 Å². The highest BCUT2D eigenvalue weighted by Crippen LogP contribution is 2.33. The second-order valence-corrected chi connectivity index (χ2v) is 9.43. The lowest BCUT2D eigenvalue weighted by atomic mass is 10.00. The van der Waals surface area contributed by atoms with Crippen LogP contribution < -0.4 is 0 Å². The fourth-order valence-electron chi connectivity index (χ4n) is 3.58. The molecule has 0 saturated heterocycles. The first-order chi connectivity index (χ1) is 14.2. The van der Waals surface area contributed by atoms with Crippen LogP contribution in [0.25, 0.3) is 4.91 Å². The molecule has 6 heteroatoms. The second kappa shape index (κ2) is 10.4. The number of likely N-dealkylation sites (N-methyl/N-ethyl adjacent to an activating group) is 1. The molecule has 0 N–H and O–H groups in total. The molecule has 0 radical (unpaired) electrons. The molecule has 0 spiro atoms. The van der Waals surface area contributed by atoms with Crippen LogP contribution in [-0.2, 0) is 28.9 Å². The van der Waals surface area contributed by atoms with Gasteiger partial charge >= 0.3 is 0 Å². The van der Waals surface area contributed by atoms with Gasteiger partial charge in [-0.05, 0) is 58.9 Å². The summed E-state index contributed by atoms with van der Waals surface area (Å²) in [7, 11) is 3.59. The molecule has 0 unspecified atom stereocenters. The van der Waals surface area contributed by atoms with Crippen LogP contribution in [0.5, 0.6) is 0 Å². The number of allylic oxidation sites excluding steroid dienone is 4. The van der Waals surface area contributed by atoms with Crippen LogP contribution in [0.3, 0.4) is 0 Å². The molecule has 5 nitrogen and oxygen atoms in total. The van der Waals surface area contributed by atoms with Crippen molar-refractivity contribution < 1.29 is 9.53 Å². The normalized spacial score (nSPS) is 16.6. The Kier molecular flexibility index (Phi) is 8.42. The number of ether oxygens (including phenoxy) is 1. The van der Waals surface area contributed by atoms with Crippen LogP contribution in [0, 0.1) is 0 Å². The van der Waals surface area contributed by atoms with E-state index < -0.39 is 0 Å². The van der Waals surface area contributed by atoms with E-state index in [-0.39, 0.29) is 11.4 Å². The quantitative estimate of drug-likeness (QED) is 0.555. The molecule has 30 heavy (non-hydrogen) atoms. The van der Waals surface area contributed by atoms with Crippen molar-refractivity contribution >= 4 is 22.6 Å². The Morgan fingerprint density at radius 1 is 1.37 bits per heavy atom. The van der Waals surface area contributed by atoms with Crippen molar-refractivity contribution in [2.45, 2.75) is 72.4 Å². The van der Waals surface area contributed by atoms with Gasteiger partial charge in [0.1, 0.15) is 11.6 Å². The van der Waals surface area contributed by atoms with E-state index in [0.717, 1.165) is 48.0 Å². The molecule has 2 heterocycles. The second-order valence-electron chi connectivity index (χ2n) is 8.58. The fourth-order valence-corrected chi connectivity index (χ4v) is 4.17. The molecule has 0 aliphatic carbocycles. The first-order valence-corrected chi connectivity index (χ1v) is 11.9. The lowest BCUT2D eigenvalue weighted by Crippen LogP contribution is -2.43. The van der Waals surface area contributed by atoms with E-state index in [2.05, 4.69) is 56.7 Å². The summed E-state index contributed by atoms with van der Waals surface area (Å²) in [6.07, 6.45) is 11.5. The van der Waals surface area contributed by atoms with Crippen molar-refractivity contribution in [3.8, 4) is 0 Å². The van der Waals surface area contributed by atoms with Crippen molar-refractivity contribution in [2.75, 3.05) is 20.4 Å². The van der Waals surface area contributed by atoms with Crippen LogP contribution >= 0.6 is 11.8 Å². The van der Waals surface area contributed by atoms with Crippen LogP contribution in [0.2, 0.25) is 0 Å². The van der Waals surface area contributed by atoms with Gasteiger partial charge in [-0.2, -0.15) is 0 Å². The van der Waals surface area contributed by atoms with Gasteiger partial charge < -0.3 is 14.2 Å². The topological polar surface area (TPSA) is 47.4 Å². The van der Waals surface area contributed by atoms with Crippen molar-refractivity contribution in [1.29, 1.82) is 0 Å². The van der Waals surface area contributed by atoms with Crippen molar-refractivity contribution in [3.05, 3.63) is 46.8 Å². The molecule has 0 fully saturated rings. The monoisotopic (exact) mass is 431 g/mol. The molecular formula is C24H37N3O2S. The number of carbonyl (C=O) groups excluding carboxylic acids is 1. The maximum Gasteiger partial charge on any atom is 0.230 e. The minimum atomic E-state index is -0.205. The number of amides is 1. The zero-order valence-corrected chi connectivity index (χ0v) is 20.7.